The molecule has 1 aromatic heterocycles. The highest BCUT2D eigenvalue weighted by Crippen LogP contribution is 2.30. The Morgan fingerprint density at radius 2 is 1.93 bits per heavy atom. The fourth-order valence-corrected chi connectivity index (χ4v) is 4.60. The molecule has 1 aliphatic rings. The van der Waals surface area contributed by atoms with E-state index in [1.54, 1.807) is 25.5 Å². The second-order valence-electron chi connectivity index (χ2n) is 7.47. The molecular formula is C23H32N4O2S. The highest BCUT2D eigenvalue weighted by Gasteiger charge is 2.23. The SMILES string of the molecule is CCNC(=NCc1ccc(-c2ccc(OC)cc2)s1)N1CCC(CC(=O)NC)CC1. The number of piperidine rings is 1. The van der Waals surface area contributed by atoms with Gasteiger partial charge in [-0.3, -0.25) is 4.79 Å². The lowest BCUT2D eigenvalue weighted by molar-refractivity contribution is -0.121. The van der Waals surface area contributed by atoms with E-state index >= 15 is 0 Å². The molecule has 0 saturated carbocycles. The monoisotopic (exact) mass is 428 g/mol. The van der Waals surface area contributed by atoms with Gasteiger partial charge in [0.15, 0.2) is 5.96 Å². The molecule has 30 heavy (non-hydrogen) atoms. The van der Waals surface area contributed by atoms with E-state index in [2.05, 4.69) is 46.7 Å². The normalized spacial score (nSPS) is 15.2. The second kappa shape index (κ2) is 11.0. The van der Waals surface area contributed by atoms with E-state index in [9.17, 15) is 4.79 Å². The van der Waals surface area contributed by atoms with Gasteiger partial charge in [-0.05, 0) is 67.6 Å². The summed E-state index contributed by atoms with van der Waals surface area (Å²) in [5.41, 5.74) is 1.20. The molecule has 0 unspecified atom stereocenters. The number of carbonyl (C=O) groups is 1. The average molecular weight is 429 g/mol. The maximum atomic E-state index is 11.6. The molecule has 1 aromatic carbocycles. The summed E-state index contributed by atoms with van der Waals surface area (Å²) in [6.45, 7) is 5.49. The molecule has 0 aliphatic carbocycles. The van der Waals surface area contributed by atoms with Crippen LogP contribution in [0.4, 0.5) is 0 Å². The van der Waals surface area contributed by atoms with Crippen molar-refractivity contribution >= 4 is 23.2 Å². The minimum Gasteiger partial charge on any atom is -0.497 e. The molecule has 2 aromatic rings. The van der Waals surface area contributed by atoms with Crippen molar-refractivity contribution in [3.63, 3.8) is 0 Å². The Balaban J connectivity index is 1.60. The van der Waals surface area contributed by atoms with Gasteiger partial charge in [0.1, 0.15) is 5.75 Å². The number of hydrogen-bond acceptors (Lipinski definition) is 4. The Bertz CT molecular complexity index is 839. The number of ether oxygens (including phenoxy) is 1. The number of guanidine groups is 1. The van der Waals surface area contributed by atoms with Crippen LogP contribution in [0.25, 0.3) is 10.4 Å². The number of benzene rings is 1. The van der Waals surface area contributed by atoms with Crippen LogP contribution in [0.1, 0.15) is 31.1 Å². The molecule has 1 saturated heterocycles. The van der Waals surface area contributed by atoms with Crippen LogP contribution < -0.4 is 15.4 Å². The van der Waals surface area contributed by atoms with Crippen LogP contribution in [0, 0.1) is 5.92 Å². The molecule has 1 aliphatic heterocycles. The number of carbonyl (C=O) groups excluding carboxylic acids is 1. The van der Waals surface area contributed by atoms with Gasteiger partial charge in [-0.1, -0.05) is 0 Å². The number of amides is 1. The zero-order valence-electron chi connectivity index (χ0n) is 18.1. The molecule has 2 heterocycles. The number of nitrogens with zero attached hydrogens (tertiary/aromatic N) is 2. The molecule has 3 rings (SSSR count). The molecule has 0 atom stereocenters. The maximum Gasteiger partial charge on any atom is 0.220 e. The van der Waals surface area contributed by atoms with E-state index < -0.39 is 0 Å². The van der Waals surface area contributed by atoms with Crippen molar-refractivity contribution in [2.24, 2.45) is 10.9 Å². The van der Waals surface area contributed by atoms with Crippen molar-refractivity contribution in [3.05, 3.63) is 41.3 Å². The minimum atomic E-state index is 0.138. The Kier molecular flexibility index (Phi) is 8.13. The number of hydrogen-bond donors (Lipinski definition) is 2. The number of aliphatic imine (C=N–C) groups is 1. The summed E-state index contributed by atoms with van der Waals surface area (Å²) < 4.78 is 5.24. The summed E-state index contributed by atoms with van der Waals surface area (Å²) in [7, 11) is 3.39. The highest BCUT2D eigenvalue weighted by molar-refractivity contribution is 7.15. The van der Waals surface area contributed by atoms with E-state index in [4.69, 9.17) is 9.73 Å². The van der Waals surface area contributed by atoms with Gasteiger partial charge in [-0.2, -0.15) is 0 Å². The number of rotatable bonds is 7. The van der Waals surface area contributed by atoms with Crippen LogP contribution in [-0.4, -0.2) is 50.6 Å². The summed E-state index contributed by atoms with van der Waals surface area (Å²) in [5, 5.41) is 6.16. The summed E-state index contributed by atoms with van der Waals surface area (Å²) in [5.74, 6) is 2.44. The Morgan fingerprint density at radius 1 is 1.20 bits per heavy atom. The van der Waals surface area contributed by atoms with Crippen molar-refractivity contribution in [2.45, 2.75) is 32.7 Å². The summed E-state index contributed by atoms with van der Waals surface area (Å²) in [4.78, 5) is 21.3. The van der Waals surface area contributed by atoms with Crippen LogP contribution >= 0.6 is 11.3 Å². The maximum absolute atomic E-state index is 11.6. The molecule has 6 nitrogen and oxygen atoms in total. The fourth-order valence-electron chi connectivity index (χ4n) is 3.67. The number of methoxy groups -OCH3 is 1. The zero-order valence-corrected chi connectivity index (χ0v) is 18.9. The summed E-state index contributed by atoms with van der Waals surface area (Å²) in [6.07, 6.45) is 2.68. The van der Waals surface area contributed by atoms with Crippen LogP contribution in [0.15, 0.2) is 41.4 Å². The fraction of sp³-hybridized carbons (Fsp3) is 0.478. The zero-order chi connectivity index (χ0) is 21.3. The third kappa shape index (κ3) is 5.98. The first-order valence-corrected chi connectivity index (χ1v) is 11.4. The second-order valence-corrected chi connectivity index (χ2v) is 8.64. The molecule has 0 bridgehead atoms. The largest absolute Gasteiger partial charge is 0.497 e. The van der Waals surface area contributed by atoms with Crippen LogP contribution in [0.3, 0.4) is 0 Å². The summed E-state index contributed by atoms with van der Waals surface area (Å²) in [6, 6.07) is 12.5. The Hall–Kier alpha value is -2.54. The van der Waals surface area contributed by atoms with Crippen molar-refractivity contribution in [3.8, 4) is 16.2 Å². The van der Waals surface area contributed by atoms with E-state index in [1.165, 1.54) is 15.3 Å². The summed E-state index contributed by atoms with van der Waals surface area (Å²) >= 11 is 1.78. The number of thiophene rings is 1. The molecule has 1 amide bonds. The average Bonchev–Trinajstić information content (AvgIpc) is 3.26. The third-order valence-electron chi connectivity index (χ3n) is 5.42. The van der Waals surface area contributed by atoms with Gasteiger partial charge in [-0.25, -0.2) is 4.99 Å². The third-order valence-corrected chi connectivity index (χ3v) is 6.54. The number of nitrogens with one attached hydrogen (secondary N) is 2. The first kappa shape index (κ1) is 22.2. The Morgan fingerprint density at radius 3 is 2.57 bits per heavy atom. The topological polar surface area (TPSA) is 66.0 Å². The quantitative estimate of drug-likeness (QED) is 0.521. The first-order valence-electron chi connectivity index (χ1n) is 10.6. The van der Waals surface area contributed by atoms with Gasteiger partial charge in [-0.15, -0.1) is 11.3 Å². The lowest BCUT2D eigenvalue weighted by Crippen LogP contribution is -2.46. The predicted molar refractivity (Wildman–Crippen MR) is 124 cm³/mol. The van der Waals surface area contributed by atoms with Crippen molar-refractivity contribution in [2.75, 3.05) is 33.8 Å². The van der Waals surface area contributed by atoms with Crippen LogP contribution in [0.5, 0.6) is 5.75 Å². The Labute approximate surface area is 183 Å². The van der Waals surface area contributed by atoms with Gasteiger partial charge in [0.05, 0.1) is 13.7 Å². The molecular weight excluding hydrogens is 396 g/mol. The molecule has 0 spiro atoms. The van der Waals surface area contributed by atoms with Crippen molar-refractivity contribution in [1.29, 1.82) is 0 Å². The molecule has 2 N–H and O–H groups in total. The van der Waals surface area contributed by atoms with Gasteiger partial charge >= 0.3 is 0 Å². The highest BCUT2D eigenvalue weighted by atomic mass is 32.1. The van der Waals surface area contributed by atoms with Crippen LogP contribution in [0.2, 0.25) is 0 Å². The van der Waals surface area contributed by atoms with E-state index in [-0.39, 0.29) is 5.91 Å². The van der Waals surface area contributed by atoms with Crippen molar-refractivity contribution < 1.29 is 9.53 Å². The van der Waals surface area contributed by atoms with Gasteiger partial charge in [0, 0.05) is 42.9 Å². The molecule has 1 fully saturated rings. The molecule has 162 valence electrons. The number of likely N-dealkylation sites (tertiary alicyclic amines) is 1. The smallest absolute Gasteiger partial charge is 0.220 e. The predicted octanol–water partition coefficient (Wildman–Crippen LogP) is 3.74. The van der Waals surface area contributed by atoms with E-state index in [1.807, 2.05) is 12.1 Å². The lowest BCUT2D eigenvalue weighted by Gasteiger charge is -2.34. The van der Waals surface area contributed by atoms with E-state index in [0.717, 1.165) is 44.2 Å². The first-order chi connectivity index (χ1) is 14.6. The molecule has 7 heteroatoms. The van der Waals surface area contributed by atoms with Crippen LogP contribution in [-0.2, 0) is 11.3 Å². The van der Waals surface area contributed by atoms with Gasteiger partial charge in [0.25, 0.3) is 0 Å². The standard InChI is InChI=1S/C23H32N4O2S/c1-4-25-23(27-13-11-17(12-14-27)15-22(28)24-2)26-16-20-9-10-21(30-20)18-5-7-19(29-3)8-6-18/h5-10,17H,4,11-16H2,1-3H3,(H,24,28)(H,25,26). The van der Waals surface area contributed by atoms with E-state index in [0.29, 0.717) is 18.9 Å². The molecule has 0 radical (unpaired) electrons. The minimum absolute atomic E-state index is 0.138. The van der Waals surface area contributed by atoms with Crippen molar-refractivity contribution in [1.82, 2.24) is 15.5 Å². The van der Waals surface area contributed by atoms with Gasteiger partial charge < -0.3 is 20.3 Å². The van der Waals surface area contributed by atoms with Gasteiger partial charge in [0.2, 0.25) is 5.91 Å². The lowest BCUT2D eigenvalue weighted by atomic mass is 9.93.